The molecule has 0 saturated carbocycles. The van der Waals surface area contributed by atoms with E-state index in [2.05, 4.69) is 42.5 Å². The number of H-pyrrole nitrogens is 1. The van der Waals surface area contributed by atoms with Gasteiger partial charge in [0, 0.05) is 30.4 Å². The summed E-state index contributed by atoms with van der Waals surface area (Å²) in [4.78, 5) is 10.8. The molecule has 8 heteroatoms. The van der Waals surface area contributed by atoms with Crippen LogP contribution in [0.25, 0.3) is 11.0 Å². The SMILES string of the molecule is Cc1ccc(F)c(CN2CC(Nc3nc(N)nc4[nH]ncc34)Cc3ccccc32)c1. The second-order valence-corrected chi connectivity index (χ2v) is 7.71. The average molecular weight is 403 g/mol. The summed E-state index contributed by atoms with van der Waals surface area (Å²) in [5, 5.41) is 11.2. The summed E-state index contributed by atoms with van der Waals surface area (Å²) >= 11 is 0. The monoisotopic (exact) mass is 403 g/mol. The number of rotatable bonds is 4. The molecular weight excluding hydrogens is 381 g/mol. The lowest BCUT2D eigenvalue weighted by Crippen LogP contribution is -2.42. The largest absolute Gasteiger partial charge is 0.368 e. The zero-order valence-corrected chi connectivity index (χ0v) is 16.6. The molecular formula is C22H22FN7. The average Bonchev–Trinajstić information content (AvgIpc) is 3.19. The van der Waals surface area contributed by atoms with E-state index in [0.29, 0.717) is 30.1 Å². The minimum atomic E-state index is -0.183. The number of benzene rings is 2. The lowest BCUT2D eigenvalue weighted by Gasteiger charge is -2.37. The molecule has 1 aliphatic rings. The van der Waals surface area contributed by atoms with Crippen molar-refractivity contribution in [1.82, 2.24) is 20.2 Å². The van der Waals surface area contributed by atoms with E-state index < -0.39 is 0 Å². The van der Waals surface area contributed by atoms with E-state index in [4.69, 9.17) is 5.73 Å². The van der Waals surface area contributed by atoms with Gasteiger partial charge in [-0.05, 0) is 31.0 Å². The third-order valence-electron chi connectivity index (χ3n) is 5.47. The van der Waals surface area contributed by atoms with Crippen LogP contribution in [0, 0.1) is 12.7 Å². The van der Waals surface area contributed by atoms with Crippen LogP contribution in [0.2, 0.25) is 0 Å². The van der Waals surface area contributed by atoms with Gasteiger partial charge in [-0.1, -0.05) is 35.9 Å². The number of nitrogens with one attached hydrogen (secondary N) is 2. The number of nitrogen functional groups attached to an aromatic ring is 1. The van der Waals surface area contributed by atoms with Crippen molar-refractivity contribution < 1.29 is 4.39 Å². The first-order chi connectivity index (χ1) is 14.6. The van der Waals surface area contributed by atoms with Crippen LogP contribution in [-0.4, -0.2) is 32.8 Å². The molecule has 2 aromatic heterocycles. The van der Waals surface area contributed by atoms with Gasteiger partial charge in [0.25, 0.3) is 0 Å². The Morgan fingerprint density at radius 3 is 3.00 bits per heavy atom. The Bertz CT molecular complexity index is 1220. The Morgan fingerprint density at radius 1 is 1.23 bits per heavy atom. The zero-order chi connectivity index (χ0) is 20.7. The van der Waals surface area contributed by atoms with E-state index in [1.807, 2.05) is 25.1 Å². The lowest BCUT2D eigenvalue weighted by atomic mass is 9.97. The van der Waals surface area contributed by atoms with Crippen LogP contribution in [0.15, 0.2) is 48.7 Å². The molecule has 0 saturated heterocycles. The quantitative estimate of drug-likeness (QED) is 0.483. The summed E-state index contributed by atoms with van der Waals surface area (Å²) in [6, 6.07) is 13.6. The number of halogens is 1. The number of anilines is 3. The van der Waals surface area contributed by atoms with E-state index in [0.717, 1.165) is 23.1 Å². The summed E-state index contributed by atoms with van der Waals surface area (Å²) in [5.74, 6) is 0.651. The van der Waals surface area contributed by atoms with Crippen LogP contribution >= 0.6 is 0 Å². The Kier molecular flexibility index (Phi) is 4.46. The summed E-state index contributed by atoms with van der Waals surface area (Å²) < 4.78 is 14.4. The fraction of sp³-hybridized carbons (Fsp3) is 0.227. The van der Waals surface area contributed by atoms with Crippen LogP contribution < -0.4 is 16.0 Å². The topological polar surface area (TPSA) is 95.7 Å². The molecule has 2 aromatic carbocycles. The molecule has 1 atom stereocenters. The Morgan fingerprint density at radius 2 is 2.10 bits per heavy atom. The number of nitrogens with two attached hydrogens (primary N) is 1. The van der Waals surface area contributed by atoms with Crippen LogP contribution in [0.5, 0.6) is 0 Å². The minimum absolute atomic E-state index is 0.0696. The maximum Gasteiger partial charge on any atom is 0.224 e. The highest BCUT2D eigenvalue weighted by Gasteiger charge is 2.26. The predicted molar refractivity (Wildman–Crippen MR) is 116 cm³/mol. The molecule has 0 amide bonds. The smallest absolute Gasteiger partial charge is 0.224 e. The number of hydrogen-bond acceptors (Lipinski definition) is 6. The molecule has 4 N–H and O–H groups in total. The first-order valence-electron chi connectivity index (χ1n) is 9.88. The number of para-hydroxylation sites is 1. The van der Waals surface area contributed by atoms with Crippen molar-refractivity contribution in [3.8, 4) is 0 Å². The molecule has 0 fully saturated rings. The van der Waals surface area contributed by atoms with Gasteiger partial charge in [0.05, 0.1) is 11.6 Å². The molecule has 0 radical (unpaired) electrons. The fourth-order valence-corrected chi connectivity index (χ4v) is 4.12. The second-order valence-electron chi connectivity index (χ2n) is 7.71. The van der Waals surface area contributed by atoms with E-state index in [1.54, 1.807) is 12.3 Å². The second kappa shape index (κ2) is 7.29. The Balaban J connectivity index is 1.47. The Labute approximate surface area is 173 Å². The van der Waals surface area contributed by atoms with Crippen molar-refractivity contribution in [2.75, 3.05) is 22.5 Å². The Hall–Kier alpha value is -3.68. The van der Waals surface area contributed by atoms with Crippen LogP contribution in [0.1, 0.15) is 16.7 Å². The van der Waals surface area contributed by atoms with Crippen LogP contribution in [-0.2, 0) is 13.0 Å². The molecule has 0 spiro atoms. The molecule has 3 heterocycles. The fourth-order valence-electron chi connectivity index (χ4n) is 4.12. The normalized spacial score (nSPS) is 15.9. The van der Waals surface area contributed by atoms with Gasteiger partial charge in [-0.3, -0.25) is 5.10 Å². The van der Waals surface area contributed by atoms with E-state index >= 15 is 0 Å². The van der Waals surface area contributed by atoms with Crippen LogP contribution in [0.3, 0.4) is 0 Å². The number of aryl methyl sites for hydroxylation is 1. The van der Waals surface area contributed by atoms with Gasteiger partial charge in [0.2, 0.25) is 5.95 Å². The molecule has 5 rings (SSSR count). The van der Waals surface area contributed by atoms with E-state index in [9.17, 15) is 4.39 Å². The molecule has 4 aromatic rings. The zero-order valence-electron chi connectivity index (χ0n) is 16.6. The van der Waals surface area contributed by atoms with E-state index in [1.165, 1.54) is 11.6 Å². The molecule has 1 unspecified atom stereocenters. The van der Waals surface area contributed by atoms with Crippen molar-refractivity contribution in [1.29, 1.82) is 0 Å². The van der Waals surface area contributed by atoms with Crippen molar-refractivity contribution in [3.63, 3.8) is 0 Å². The summed E-state index contributed by atoms with van der Waals surface area (Å²) in [6.07, 6.45) is 2.51. The predicted octanol–water partition coefficient (Wildman–Crippen LogP) is 3.43. The van der Waals surface area contributed by atoms with Crippen molar-refractivity contribution in [3.05, 3.63) is 71.2 Å². The number of aromatic nitrogens is 4. The van der Waals surface area contributed by atoms with Gasteiger partial charge in [-0.25, -0.2) is 4.39 Å². The number of nitrogens with zero attached hydrogens (tertiary/aromatic N) is 4. The molecule has 30 heavy (non-hydrogen) atoms. The first kappa shape index (κ1) is 18.4. The highest BCUT2D eigenvalue weighted by atomic mass is 19.1. The van der Waals surface area contributed by atoms with Gasteiger partial charge in [-0.2, -0.15) is 15.1 Å². The summed E-state index contributed by atoms with van der Waals surface area (Å²) in [5.41, 5.74) is 10.5. The highest BCUT2D eigenvalue weighted by molar-refractivity contribution is 5.87. The van der Waals surface area contributed by atoms with Crippen LogP contribution in [0.4, 0.5) is 21.8 Å². The van der Waals surface area contributed by atoms with E-state index in [-0.39, 0.29) is 17.8 Å². The maximum absolute atomic E-state index is 14.4. The van der Waals surface area contributed by atoms with Gasteiger partial charge in [-0.15, -0.1) is 0 Å². The van der Waals surface area contributed by atoms with Gasteiger partial charge >= 0.3 is 0 Å². The number of aromatic amines is 1. The van der Waals surface area contributed by atoms with Crippen molar-refractivity contribution in [2.24, 2.45) is 0 Å². The molecule has 152 valence electrons. The summed E-state index contributed by atoms with van der Waals surface area (Å²) in [6.45, 7) is 3.18. The van der Waals surface area contributed by atoms with Crippen molar-refractivity contribution >= 4 is 28.5 Å². The third-order valence-corrected chi connectivity index (χ3v) is 5.47. The highest BCUT2D eigenvalue weighted by Crippen LogP contribution is 2.31. The minimum Gasteiger partial charge on any atom is -0.368 e. The maximum atomic E-state index is 14.4. The molecule has 0 aliphatic carbocycles. The van der Waals surface area contributed by atoms with Gasteiger partial charge in [0.1, 0.15) is 11.6 Å². The molecule has 1 aliphatic heterocycles. The van der Waals surface area contributed by atoms with Gasteiger partial charge < -0.3 is 16.0 Å². The molecule has 7 nitrogen and oxygen atoms in total. The van der Waals surface area contributed by atoms with Gasteiger partial charge in [0.15, 0.2) is 5.65 Å². The van der Waals surface area contributed by atoms with Crippen molar-refractivity contribution in [2.45, 2.75) is 25.9 Å². The number of hydrogen-bond donors (Lipinski definition) is 3. The standard InChI is InChI=1S/C22H22FN7/c1-13-6-7-18(23)15(8-13)11-30-12-16(9-14-4-2-3-5-19(14)30)26-20-17-10-25-29-21(17)28-22(24)27-20/h2-8,10,16H,9,11-12H2,1H3,(H4,24,25,26,27,28,29). The lowest BCUT2D eigenvalue weighted by molar-refractivity contribution is 0.585. The summed E-state index contributed by atoms with van der Waals surface area (Å²) in [7, 11) is 0. The number of fused-ring (bicyclic) bond motifs is 2. The first-order valence-corrected chi connectivity index (χ1v) is 9.88. The molecule has 0 bridgehead atoms. The third kappa shape index (κ3) is 3.41.